The van der Waals surface area contributed by atoms with E-state index in [1.165, 1.54) is 0 Å². The van der Waals surface area contributed by atoms with E-state index < -0.39 is 51.4 Å². The second kappa shape index (κ2) is 7.68. The quantitative estimate of drug-likeness (QED) is 0.607. The molecular weight excluding hydrogens is 451 g/mol. The summed E-state index contributed by atoms with van der Waals surface area (Å²) in [5.41, 5.74) is 3.47. The number of carboxylic acid groups (broad SMARTS) is 1. The van der Waals surface area contributed by atoms with Gasteiger partial charge < -0.3 is 20.6 Å². The maximum atomic E-state index is 15.0. The molecule has 1 fully saturated rings. The number of aromatic carboxylic acids is 1. The van der Waals surface area contributed by atoms with E-state index in [1.807, 2.05) is 19.0 Å². The van der Waals surface area contributed by atoms with Gasteiger partial charge in [-0.05, 0) is 20.2 Å². The molecule has 3 N–H and O–H groups in total. The van der Waals surface area contributed by atoms with Crippen LogP contribution in [0.25, 0.3) is 16.7 Å². The van der Waals surface area contributed by atoms with E-state index in [9.17, 15) is 23.5 Å². The van der Waals surface area contributed by atoms with Gasteiger partial charge in [0, 0.05) is 31.4 Å². The number of fused-ring (bicyclic) bond motifs is 1. The monoisotopic (exact) mass is 467 g/mol. The standard InChI is InChI=1S/C20H17ClF3N5O3/c1-27(2)8-5-28(6-8)16-11(22)3-9-15(14(16)21)29(7-10(17(9)30)20(31)32)19-13(24)4-12(23)18(25)26-19/h3-4,7-8H,5-6H2,1-2H3,(H2,25,26)(H,31,32). The number of aromatic nitrogens is 2. The molecule has 0 atom stereocenters. The van der Waals surface area contributed by atoms with Gasteiger partial charge in [0.1, 0.15) is 11.4 Å². The molecule has 0 radical (unpaired) electrons. The van der Waals surface area contributed by atoms with Gasteiger partial charge in [0.25, 0.3) is 0 Å². The zero-order valence-electron chi connectivity index (χ0n) is 16.9. The van der Waals surface area contributed by atoms with Crippen LogP contribution in [0.2, 0.25) is 5.02 Å². The van der Waals surface area contributed by atoms with Crippen LogP contribution in [0, 0.1) is 17.5 Å². The zero-order chi connectivity index (χ0) is 23.5. The minimum absolute atomic E-state index is 0.0241. The van der Waals surface area contributed by atoms with Crippen molar-refractivity contribution in [1.82, 2.24) is 14.5 Å². The number of benzene rings is 1. The van der Waals surface area contributed by atoms with Crippen molar-refractivity contribution >= 4 is 40.0 Å². The summed E-state index contributed by atoms with van der Waals surface area (Å²) in [4.78, 5) is 31.6. The molecule has 1 saturated heterocycles. The van der Waals surface area contributed by atoms with Gasteiger partial charge in [-0.2, -0.15) is 0 Å². The lowest BCUT2D eigenvalue weighted by Gasteiger charge is -2.44. The Morgan fingerprint density at radius 3 is 2.47 bits per heavy atom. The highest BCUT2D eigenvalue weighted by Crippen LogP contribution is 2.39. The summed E-state index contributed by atoms with van der Waals surface area (Å²) in [7, 11) is 3.75. The van der Waals surface area contributed by atoms with Gasteiger partial charge in [-0.15, -0.1) is 0 Å². The Kier molecular flexibility index (Phi) is 5.25. The molecule has 3 heterocycles. The van der Waals surface area contributed by atoms with Gasteiger partial charge in [-0.25, -0.2) is 22.9 Å². The smallest absolute Gasteiger partial charge is 0.341 e. The fourth-order valence-corrected chi connectivity index (χ4v) is 4.02. The second-order valence-electron chi connectivity index (χ2n) is 7.65. The predicted molar refractivity (Wildman–Crippen MR) is 113 cm³/mol. The number of hydrogen-bond acceptors (Lipinski definition) is 6. The first kappa shape index (κ1) is 21.9. The van der Waals surface area contributed by atoms with Crippen LogP contribution in [-0.2, 0) is 0 Å². The molecule has 0 unspecified atom stereocenters. The largest absolute Gasteiger partial charge is 0.477 e. The molecular formula is C20H17ClF3N5O3. The molecule has 0 bridgehead atoms. The fraction of sp³-hybridized carbons (Fsp3) is 0.250. The average Bonchev–Trinajstić information content (AvgIpc) is 2.66. The molecule has 0 aliphatic carbocycles. The van der Waals surface area contributed by atoms with Crippen molar-refractivity contribution in [3.63, 3.8) is 0 Å². The number of anilines is 2. The molecule has 8 nitrogen and oxygen atoms in total. The molecule has 1 aliphatic heterocycles. The van der Waals surface area contributed by atoms with Gasteiger partial charge in [-0.3, -0.25) is 9.36 Å². The predicted octanol–water partition coefficient (Wildman–Crippen LogP) is 2.49. The summed E-state index contributed by atoms with van der Waals surface area (Å²) in [5, 5.41) is 8.78. The first-order valence-corrected chi connectivity index (χ1v) is 9.73. The van der Waals surface area contributed by atoms with Crippen LogP contribution in [0.3, 0.4) is 0 Å². The van der Waals surface area contributed by atoms with Crippen molar-refractivity contribution in [3.05, 3.63) is 56.6 Å². The number of likely N-dealkylation sites (N-methyl/N-ethyl adjacent to an activating group) is 1. The van der Waals surface area contributed by atoms with Crippen molar-refractivity contribution < 1.29 is 23.1 Å². The van der Waals surface area contributed by atoms with E-state index in [0.29, 0.717) is 19.2 Å². The van der Waals surface area contributed by atoms with Gasteiger partial charge in [-0.1, -0.05) is 11.6 Å². The Labute approximate surface area is 184 Å². The van der Waals surface area contributed by atoms with Crippen LogP contribution >= 0.6 is 11.6 Å². The van der Waals surface area contributed by atoms with E-state index >= 15 is 4.39 Å². The first-order chi connectivity index (χ1) is 15.0. The molecule has 1 aliphatic rings. The summed E-state index contributed by atoms with van der Waals surface area (Å²) >= 11 is 6.51. The van der Waals surface area contributed by atoms with Crippen LogP contribution < -0.4 is 16.1 Å². The van der Waals surface area contributed by atoms with E-state index in [2.05, 4.69) is 4.98 Å². The number of hydrogen-bond donors (Lipinski definition) is 2. The second-order valence-corrected chi connectivity index (χ2v) is 8.03. The lowest BCUT2D eigenvalue weighted by Crippen LogP contribution is -2.57. The lowest BCUT2D eigenvalue weighted by molar-refractivity contribution is 0.0695. The van der Waals surface area contributed by atoms with Crippen LogP contribution in [0.5, 0.6) is 0 Å². The Morgan fingerprint density at radius 2 is 1.88 bits per heavy atom. The highest BCUT2D eigenvalue weighted by atomic mass is 35.5. The summed E-state index contributed by atoms with van der Waals surface area (Å²) in [6, 6.07) is 1.47. The number of nitrogens with two attached hydrogens (primary N) is 1. The Balaban J connectivity index is 2.06. The third-order valence-corrected chi connectivity index (χ3v) is 5.82. The van der Waals surface area contributed by atoms with Crippen molar-refractivity contribution in [2.45, 2.75) is 6.04 Å². The molecule has 12 heteroatoms. The van der Waals surface area contributed by atoms with Crippen LogP contribution in [0.1, 0.15) is 10.4 Å². The van der Waals surface area contributed by atoms with Gasteiger partial charge >= 0.3 is 5.97 Å². The maximum absolute atomic E-state index is 15.0. The number of rotatable bonds is 4. The summed E-state index contributed by atoms with van der Waals surface area (Å²) in [6.07, 6.45) is 0.808. The lowest BCUT2D eigenvalue weighted by atomic mass is 10.0. The van der Waals surface area contributed by atoms with Gasteiger partial charge in [0.15, 0.2) is 23.3 Å². The fourth-order valence-electron chi connectivity index (χ4n) is 3.62. The number of nitrogens with zero attached hydrogens (tertiary/aromatic N) is 4. The zero-order valence-corrected chi connectivity index (χ0v) is 17.6. The van der Waals surface area contributed by atoms with Gasteiger partial charge in [0.2, 0.25) is 5.43 Å². The minimum Gasteiger partial charge on any atom is -0.477 e. The molecule has 1 aromatic carbocycles. The van der Waals surface area contributed by atoms with E-state index in [4.69, 9.17) is 17.3 Å². The number of halogens is 4. The highest BCUT2D eigenvalue weighted by molar-refractivity contribution is 6.38. The summed E-state index contributed by atoms with van der Waals surface area (Å²) < 4.78 is 44.2. The molecule has 168 valence electrons. The van der Waals surface area contributed by atoms with Crippen molar-refractivity contribution in [3.8, 4) is 5.82 Å². The molecule has 0 amide bonds. The summed E-state index contributed by atoms with van der Waals surface area (Å²) in [6.45, 7) is 0.894. The van der Waals surface area contributed by atoms with Crippen molar-refractivity contribution in [1.29, 1.82) is 0 Å². The molecule has 2 aromatic heterocycles. The number of nitrogen functional groups attached to an aromatic ring is 1. The molecule has 4 rings (SSSR count). The minimum atomic E-state index is -1.63. The van der Waals surface area contributed by atoms with Crippen molar-refractivity contribution in [2.75, 3.05) is 37.8 Å². The third kappa shape index (κ3) is 3.33. The maximum Gasteiger partial charge on any atom is 0.341 e. The highest BCUT2D eigenvalue weighted by Gasteiger charge is 2.33. The van der Waals surface area contributed by atoms with Crippen LogP contribution in [0.15, 0.2) is 23.1 Å². The molecule has 3 aromatic rings. The number of pyridine rings is 2. The van der Waals surface area contributed by atoms with Gasteiger partial charge in [0.05, 0.1) is 21.6 Å². The average molecular weight is 468 g/mol. The van der Waals surface area contributed by atoms with E-state index in [-0.39, 0.29) is 22.3 Å². The van der Waals surface area contributed by atoms with Crippen LogP contribution in [0.4, 0.5) is 24.7 Å². The Morgan fingerprint density at radius 1 is 1.22 bits per heavy atom. The van der Waals surface area contributed by atoms with Crippen LogP contribution in [-0.4, -0.2) is 58.8 Å². The third-order valence-electron chi connectivity index (χ3n) is 5.46. The molecule has 32 heavy (non-hydrogen) atoms. The Hall–Kier alpha value is -3.31. The van der Waals surface area contributed by atoms with Crippen molar-refractivity contribution in [2.24, 2.45) is 0 Å². The number of carboxylic acids is 1. The molecule has 0 spiro atoms. The number of carbonyl (C=O) groups is 1. The topological polar surface area (TPSA) is 105 Å². The normalized spacial score (nSPS) is 14.3. The first-order valence-electron chi connectivity index (χ1n) is 9.35. The molecule has 0 saturated carbocycles. The Bertz CT molecular complexity index is 1340. The van der Waals surface area contributed by atoms with E-state index in [0.717, 1.165) is 16.8 Å². The van der Waals surface area contributed by atoms with E-state index in [1.54, 1.807) is 4.90 Å². The SMILES string of the molecule is CN(C)C1CN(c2c(F)cc3c(=O)c(C(=O)O)cn(-c4nc(N)c(F)cc4F)c3c2Cl)C1. The summed E-state index contributed by atoms with van der Waals surface area (Å²) in [5.74, 6) is -6.01.